The van der Waals surface area contributed by atoms with Crippen LogP contribution in [0.4, 0.5) is 5.69 Å². The minimum absolute atomic E-state index is 0.145. The number of nitrogens with one attached hydrogen (secondary N) is 1. The number of rotatable bonds is 7. The number of carbonyl (C=O) groups is 2. The predicted molar refractivity (Wildman–Crippen MR) is 110 cm³/mol. The van der Waals surface area contributed by atoms with E-state index in [-0.39, 0.29) is 30.7 Å². The van der Waals surface area contributed by atoms with Gasteiger partial charge in [-0.15, -0.1) is 0 Å². The molecule has 0 aromatic heterocycles. The first kappa shape index (κ1) is 20.6. The fourth-order valence-electron chi connectivity index (χ4n) is 3.03. The van der Waals surface area contributed by atoms with Gasteiger partial charge in [0.15, 0.2) is 16.4 Å². The van der Waals surface area contributed by atoms with Gasteiger partial charge in [-0.25, -0.2) is 8.42 Å². The van der Waals surface area contributed by atoms with Gasteiger partial charge in [0.25, 0.3) is 5.91 Å². The van der Waals surface area contributed by atoms with Crippen LogP contribution in [0.3, 0.4) is 0 Å². The Morgan fingerprint density at radius 3 is 2.45 bits per heavy atom. The molecular weight excluding hydrogens is 392 g/mol. The fraction of sp³-hybridized carbons (Fsp3) is 0.238. The van der Waals surface area contributed by atoms with Gasteiger partial charge in [0, 0.05) is 18.9 Å². The summed E-state index contributed by atoms with van der Waals surface area (Å²) in [6, 6.07) is 15.6. The zero-order chi connectivity index (χ0) is 20.9. The molecule has 0 fully saturated rings. The third-order valence-electron chi connectivity index (χ3n) is 4.38. The monoisotopic (exact) mass is 414 g/mol. The molecule has 29 heavy (non-hydrogen) atoms. The van der Waals surface area contributed by atoms with Crippen molar-refractivity contribution in [3.63, 3.8) is 0 Å². The summed E-state index contributed by atoms with van der Waals surface area (Å²) in [5.74, 6) is -0.378. The number of nitrogens with zero attached hydrogens (tertiary/aromatic N) is 1. The average Bonchev–Trinajstić information content (AvgIpc) is 3.05. The van der Waals surface area contributed by atoms with Crippen LogP contribution in [-0.2, 0) is 26.0 Å². The number of hydrogen-bond acceptors (Lipinski definition) is 5. The fourth-order valence-corrected chi connectivity index (χ4v) is 4.33. The summed E-state index contributed by atoms with van der Waals surface area (Å²) in [5, 5.41) is 3.80. The molecule has 0 bridgehead atoms. The van der Waals surface area contributed by atoms with Crippen LogP contribution in [0.25, 0.3) is 0 Å². The van der Waals surface area contributed by atoms with Gasteiger partial charge in [0.05, 0.1) is 17.5 Å². The molecule has 1 N–H and O–H groups in total. The molecule has 2 amide bonds. The number of anilines is 1. The summed E-state index contributed by atoms with van der Waals surface area (Å²) in [5.41, 5.74) is 1.35. The first-order chi connectivity index (χ1) is 13.8. The maximum atomic E-state index is 12.9. The molecule has 0 radical (unpaired) electrons. The Kier molecular flexibility index (Phi) is 6.33. The van der Waals surface area contributed by atoms with E-state index in [1.807, 2.05) is 30.3 Å². The van der Waals surface area contributed by atoms with Crippen LogP contribution in [0.2, 0.25) is 0 Å². The van der Waals surface area contributed by atoms with Gasteiger partial charge in [-0.05, 0) is 23.8 Å². The molecule has 2 aromatic carbocycles. The third-order valence-corrected chi connectivity index (χ3v) is 5.75. The highest BCUT2D eigenvalue weighted by Crippen LogP contribution is 2.24. The van der Waals surface area contributed by atoms with E-state index in [2.05, 4.69) is 5.32 Å². The van der Waals surface area contributed by atoms with Gasteiger partial charge in [-0.2, -0.15) is 0 Å². The summed E-state index contributed by atoms with van der Waals surface area (Å²) in [6.07, 6.45) is 1.53. The highest BCUT2D eigenvalue weighted by Gasteiger charge is 2.30. The van der Waals surface area contributed by atoms with Crippen molar-refractivity contribution < 1.29 is 22.7 Å². The molecule has 1 heterocycles. The second-order valence-corrected chi connectivity index (χ2v) is 8.63. The summed E-state index contributed by atoms with van der Waals surface area (Å²) in [7, 11) is -3.32. The lowest BCUT2D eigenvalue weighted by Gasteiger charge is -2.28. The molecule has 0 spiro atoms. The van der Waals surface area contributed by atoms with Gasteiger partial charge < -0.3 is 15.0 Å². The molecule has 1 atom stereocenters. The number of carbonyl (C=O) groups excluding carboxylic acids is 2. The lowest BCUT2D eigenvalue weighted by atomic mass is 10.2. The minimum atomic E-state index is -3.32. The van der Waals surface area contributed by atoms with E-state index >= 15 is 0 Å². The first-order valence-electron chi connectivity index (χ1n) is 9.08. The maximum absolute atomic E-state index is 12.9. The average molecular weight is 414 g/mol. The molecule has 7 nitrogen and oxygen atoms in total. The third kappa shape index (κ3) is 5.68. The largest absolute Gasteiger partial charge is 0.482 e. The van der Waals surface area contributed by atoms with Crippen LogP contribution < -0.4 is 10.1 Å². The van der Waals surface area contributed by atoms with E-state index in [4.69, 9.17) is 4.74 Å². The Bertz CT molecular complexity index is 1020. The quantitative estimate of drug-likeness (QED) is 0.751. The summed E-state index contributed by atoms with van der Waals surface area (Å²) < 4.78 is 29.4. The molecule has 152 valence electrons. The molecule has 0 saturated heterocycles. The number of hydrogen-bond donors (Lipinski definition) is 1. The van der Waals surface area contributed by atoms with E-state index in [9.17, 15) is 18.0 Å². The van der Waals surface area contributed by atoms with Crippen molar-refractivity contribution in [2.45, 2.75) is 19.5 Å². The zero-order valence-corrected chi connectivity index (χ0v) is 16.8. The van der Waals surface area contributed by atoms with Crippen LogP contribution in [0.5, 0.6) is 5.75 Å². The summed E-state index contributed by atoms with van der Waals surface area (Å²) in [6.45, 7) is 1.37. The van der Waals surface area contributed by atoms with Gasteiger partial charge in [0.1, 0.15) is 5.75 Å². The Morgan fingerprint density at radius 2 is 1.79 bits per heavy atom. The Morgan fingerprint density at radius 1 is 1.10 bits per heavy atom. The molecular formula is C21H22N2O5S. The zero-order valence-electron chi connectivity index (χ0n) is 15.9. The van der Waals surface area contributed by atoms with E-state index in [0.717, 1.165) is 11.0 Å². The Balaban J connectivity index is 1.75. The van der Waals surface area contributed by atoms with Crippen LogP contribution in [0.15, 0.2) is 66.1 Å². The molecule has 1 aliphatic rings. The lowest BCUT2D eigenvalue weighted by molar-refractivity contribution is -0.135. The Labute approximate surface area is 169 Å². The van der Waals surface area contributed by atoms with Gasteiger partial charge in [-0.1, -0.05) is 42.5 Å². The highest BCUT2D eigenvalue weighted by atomic mass is 32.2. The molecule has 2 aromatic rings. The van der Waals surface area contributed by atoms with Gasteiger partial charge >= 0.3 is 0 Å². The number of para-hydroxylation sites is 2. The second kappa shape index (κ2) is 8.91. The van der Waals surface area contributed by atoms with Crippen molar-refractivity contribution in [2.75, 3.05) is 17.7 Å². The molecule has 8 heteroatoms. The van der Waals surface area contributed by atoms with Gasteiger partial charge in [0.2, 0.25) is 5.91 Å². The first-order valence-corrected chi connectivity index (χ1v) is 10.8. The van der Waals surface area contributed by atoms with E-state index in [1.165, 1.54) is 17.9 Å². The molecule has 3 rings (SSSR count). The lowest BCUT2D eigenvalue weighted by Crippen LogP contribution is -2.42. The normalized spacial score (nSPS) is 16.9. The number of sulfone groups is 1. The topological polar surface area (TPSA) is 92.8 Å². The van der Waals surface area contributed by atoms with Crippen molar-refractivity contribution in [1.29, 1.82) is 0 Å². The summed E-state index contributed by atoms with van der Waals surface area (Å²) in [4.78, 5) is 25.8. The van der Waals surface area contributed by atoms with Gasteiger partial charge in [-0.3, -0.25) is 9.59 Å². The smallest absolute Gasteiger partial charge is 0.261 e. The SMILES string of the molecule is CC(=O)Nc1ccccc1OCC(=O)N(Cc1ccccc1)[C@@H]1C=CS(=O)(=O)C1. The minimum Gasteiger partial charge on any atom is -0.482 e. The van der Waals surface area contributed by atoms with E-state index < -0.39 is 15.9 Å². The standard InChI is InChI=1S/C21H22N2O5S/c1-16(24)22-19-9-5-6-10-20(19)28-14-21(25)23(13-17-7-3-2-4-8-17)18-11-12-29(26,27)15-18/h2-12,18H,13-15H2,1H3,(H,22,24)/t18-/m1/s1. The second-order valence-electron chi connectivity index (χ2n) is 6.70. The van der Waals surface area contributed by atoms with Crippen LogP contribution in [-0.4, -0.2) is 43.5 Å². The van der Waals surface area contributed by atoms with Crippen LogP contribution in [0.1, 0.15) is 12.5 Å². The van der Waals surface area contributed by atoms with Crippen molar-refractivity contribution in [1.82, 2.24) is 4.90 Å². The van der Waals surface area contributed by atoms with Crippen molar-refractivity contribution in [3.05, 3.63) is 71.6 Å². The Hall–Kier alpha value is -3.13. The predicted octanol–water partition coefficient (Wildman–Crippen LogP) is 2.36. The highest BCUT2D eigenvalue weighted by molar-refractivity contribution is 7.94. The van der Waals surface area contributed by atoms with Crippen LogP contribution >= 0.6 is 0 Å². The molecule has 0 unspecified atom stereocenters. The van der Waals surface area contributed by atoms with E-state index in [1.54, 1.807) is 24.3 Å². The van der Waals surface area contributed by atoms with Crippen molar-refractivity contribution in [2.24, 2.45) is 0 Å². The maximum Gasteiger partial charge on any atom is 0.261 e. The van der Waals surface area contributed by atoms with Crippen molar-refractivity contribution in [3.8, 4) is 5.75 Å². The molecule has 0 saturated carbocycles. The molecule has 1 aliphatic heterocycles. The number of benzene rings is 2. The number of amides is 2. The van der Waals surface area contributed by atoms with Crippen LogP contribution in [0, 0.1) is 0 Å². The van der Waals surface area contributed by atoms with E-state index in [0.29, 0.717) is 11.4 Å². The molecule has 0 aliphatic carbocycles. The number of ether oxygens (including phenoxy) is 1. The summed E-state index contributed by atoms with van der Waals surface area (Å²) >= 11 is 0. The van der Waals surface area contributed by atoms with Crippen molar-refractivity contribution >= 4 is 27.3 Å².